The lowest BCUT2D eigenvalue weighted by Crippen LogP contribution is -1.94. The van der Waals surface area contributed by atoms with Crippen LogP contribution >= 0.6 is 0 Å². The lowest BCUT2D eigenvalue weighted by atomic mass is 10.3. The monoisotopic (exact) mass is 245 g/mol. The lowest BCUT2D eigenvalue weighted by molar-refractivity contribution is 0.809. The summed E-state index contributed by atoms with van der Waals surface area (Å²) in [5, 5.41) is 0. The van der Waals surface area contributed by atoms with Crippen molar-refractivity contribution in [2.24, 2.45) is 9.98 Å². The Morgan fingerprint density at radius 1 is 0.944 bits per heavy atom. The van der Waals surface area contributed by atoms with Gasteiger partial charge in [0, 0.05) is 25.5 Å². The van der Waals surface area contributed by atoms with E-state index in [1.165, 1.54) is 12.8 Å². The molecular weight excluding hydrogens is 222 g/mol. The number of rotatable bonds is 8. The number of hydrogen-bond acceptors (Lipinski definition) is 3. The van der Waals surface area contributed by atoms with Gasteiger partial charge in [-0.15, -0.1) is 0 Å². The number of aliphatic imine (C=N–C) groups is 2. The third-order valence-electron chi connectivity index (χ3n) is 2.52. The second-order valence-corrected chi connectivity index (χ2v) is 4.26. The normalized spacial score (nSPS) is 11.7. The Labute approximate surface area is 110 Å². The molecule has 0 unspecified atom stereocenters. The fourth-order valence-corrected chi connectivity index (χ4v) is 1.43. The summed E-state index contributed by atoms with van der Waals surface area (Å²) in [4.78, 5) is 13.2. The van der Waals surface area contributed by atoms with Crippen LogP contribution in [0.3, 0.4) is 0 Å². The highest BCUT2D eigenvalue weighted by atomic mass is 14.8. The Morgan fingerprint density at radius 3 is 1.89 bits per heavy atom. The first-order valence-electron chi connectivity index (χ1n) is 6.83. The van der Waals surface area contributed by atoms with E-state index in [0.29, 0.717) is 0 Å². The zero-order valence-electron chi connectivity index (χ0n) is 11.5. The van der Waals surface area contributed by atoms with E-state index in [9.17, 15) is 0 Å². The highest BCUT2D eigenvalue weighted by Crippen LogP contribution is 1.96. The minimum absolute atomic E-state index is 0.882. The topological polar surface area (TPSA) is 37.6 Å². The highest BCUT2D eigenvalue weighted by molar-refractivity contribution is 5.81. The molecule has 1 aromatic rings. The van der Waals surface area contributed by atoms with E-state index in [2.05, 4.69) is 28.8 Å². The molecular formula is C15H23N3. The molecule has 98 valence electrons. The molecule has 1 aromatic heterocycles. The van der Waals surface area contributed by atoms with Crippen molar-refractivity contribution in [1.82, 2.24) is 4.98 Å². The van der Waals surface area contributed by atoms with Crippen LogP contribution in [0.2, 0.25) is 0 Å². The standard InChI is InChI=1S/C15H23N3/c1-3-5-10-16-12-14-8-7-9-15(18-14)13-17-11-6-4-2/h7-9,12-13H,3-6,10-11H2,1-2H3. The zero-order valence-corrected chi connectivity index (χ0v) is 11.5. The summed E-state index contributed by atoms with van der Waals surface area (Å²) in [6, 6.07) is 5.94. The Bertz CT molecular complexity index is 350. The number of pyridine rings is 1. The molecule has 0 spiro atoms. The summed E-state index contributed by atoms with van der Waals surface area (Å²) in [5.74, 6) is 0. The van der Waals surface area contributed by atoms with E-state index in [0.717, 1.165) is 37.3 Å². The number of hydrogen-bond donors (Lipinski definition) is 0. The maximum absolute atomic E-state index is 4.47. The number of unbranched alkanes of at least 4 members (excludes halogenated alkanes) is 2. The Morgan fingerprint density at radius 2 is 1.44 bits per heavy atom. The van der Waals surface area contributed by atoms with E-state index in [-0.39, 0.29) is 0 Å². The number of aromatic nitrogens is 1. The largest absolute Gasteiger partial charge is 0.291 e. The molecule has 0 atom stereocenters. The fraction of sp³-hybridized carbons (Fsp3) is 0.533. The molecule has 18 heavy (non-hydrogen) atoms. The van der Waals surface area contributed by atoms with Gasteiger partial charge in [0.15, 0.2) is 0 Å². The van der Waals surface area contributed by atoms with E-state index >= 15 is 0 Å². The fourth-order valence-electron chi connectivity index (χ4n) is 1.43. The van der Waals surface area contributed by atoms with Gasteiger partial charge in [0.2, 0.25) is 0 Å². The lowest BCUT2D eigenvalue weighted by Gasteiger charge is -1.96. The molecule has 0 bridgehead atoms. The molecule has 1 rings (SSSR count). The van der Waals surface area contributed by atoms with Crippen molar-refractivity contribution in [3.63, 3.8) is 0 Å². The quantitative estimate of drug-likeness (QED) is 0.510. The van der Waals surface area contributed by atoms with E-state index < -0.39 is 0 Å². The van der Waals surface area contributed by atoms with Gasteiger partial charge in [0.1, 0.15) is 0 Å². The summed E-state index contributed by atoms with van der Waals surface area (Å²) >= 11 is 0. The maximum atomic E-state index is 4.47. The van der Waals surface area contributed by atoms with E-state index in [1.807, 2.05) is 30.6 Å². The van der Waals surface area contributed by atoms with Crippen LogP contribution in [0.4, 0.5) is 0 Å². The minimum Gasteiger partial charge on any atom is -0.291 e. The van der Waals surface area contributed by atoms with Gasteiger partial charge in [-0.05, 0) is 25.0 Å². The first-order valence-corrected chi connectivity index (χ1v) is 6.83. The summed E-state index contributed by atoms with van der Waals surface area (Å²) in [6.07, 6.45) is 8.31. The zero-order chi connectivity index (χ0) is 13.1. The molecule has 0 aromatic carbocycles. The Balaban J connectivity index is 2.51. The van der Waals surface area contributed by atoms with Crippen molar-refractivity contribution < 1.29 is 0 Å². The van der Waals surface area contributed by atoms with Gasteiger partial charge in [0.25, 0.3) is 0 Å². The second-order valence-electron chi connectivity index (χ2n) is 4.26. The van der Waals surface area contributed by atoms with Gasteiger partial charge in [0.05, 0.1) is 11.4 Å². The molecule has 0 N–H and O–H groups in total. The first kappa shape index (κ1) is 14.6. The maximum Gasteiger partial charge on any atom is 0.0815 e. The third-order valence-corrected chi connectivity index (χ3v) is 2.52. The minimum atomic E-state index is 0.882. The van der Waals surface area contributed by atoms with Gasteiger partial charge in [-0.3, -0.25) is 9.98 Å². The first-order chi connectivity index (χ1) is 8.86. The summed E-state index contributed by atoms with van der Waals surface area (Å²) in [6.45, 7) is 6.10. The van der Waals surface area contributed by atoms with Gasteiger partial charge in [-0.2, -0.15) is 0 Å². The summed E-state index contributed by atoms with van der Waals surface area (Å²) in [7, 11) is 0. The van der Waals surface area contributed by atoms with Crippen LogP contribution < -0.4 is 0 Å². The van der Waals surface area contributed by atoms with Crippen molar-refractivity contribution in [3.8, 4) is 0 Å². The predicted molar refractivity (Wildman–Crippen MR) is 79.0 cm³/mol. The van der Waals surface area contributed by atoms with E-state index in [4.69, 9.17) is 0 Å². The Hall–Kier alpha value is -1.51. The molecule has 0 saturated heterocycles. The second kappa shape index (κ2) is 9.51. The molecule has 1 heterocycles. The van der Waals surface area contributed by atoms with Crippen molar-refractivity contribution in [3.05, 3.63) is 29.6 Å². The third kappa shape index (κ3) is 6.28. The molecule has 0 amide bonds. The average Bonchev–Trinajstić information content (AvgIpc) is 2.40. The Kier molecular flexibility index (Phi) is 7.69. The molecule has 0 fully saturated rings. The van der Waals surface area contributed by atoms with Crippen molar-refractivity contribution in [1.29, 1.82) is 0 Å². The van der Waals surface area contributed by atoms with Gasteiger partial charge >= 0.3 is 0 Å². The molecule has 0 radical (unpaired) electrons. The predicted octanol–water partition coefficient (Wildman–Crippen LogP) is 3.52. The highest BCUT2D eigenvalue weighted by Gasteiger charge is 1.92. The van der Waals surface area contributed by atoms with Crippen LogP contribution in [0.15, 0.2) is 28.2 Å². The summed E-state index contributed by atoms with van der Waals surface area (Å²) in [5.41, 5.74) is 1.82. The number of nitrogens with zero attached hydrogens (tertiary/aromatic N) is 3. The van der Waals surface area contributed by atoms with Crippen LogP contribution in [-0.2, 0) is 0 Å². The van der Waals surface area contributed by atoms with Crippen molar-refractivity contribution in [2.45, 2.75) is 39.5 Å². The van der Waals surface area contributed by atoms with Gasteiger partial charge < -0.3 is 0 Å². The smallest absolute Gasteiger partial charge is 0.0815 e. The summed E-state index contributed by atoms with van der Waals surface area (Å²) < 4.78 is 0. The average molecular weight is 245 g/mol. The molecule has 3 heteroatoms. The van der Waals surface area contributed by atoms with Crippen LogP contribution in [0.1, 0.15) is 50.9 Å². The van der Waals surface area contributed by atoms with Gasteiger partial charge in [-0.25, -0.2) is 4.98 Å². The SMILES string of the molecule is CCCCN=Cc1cccc(C=NCCCC)n1. The molecule has 0 aliphatic heterocycles. The molecule has 3 nitrogen and oxygen atoms in total. The van der Waals surface area contributed by atoms with Crippen LogP contribution in [0.5, 0.6) is 0 Å². The van der Waals surface area contributed by atoms with Gasteiger partial charge in [-0.1, -0.05) is 32.8 Å². The van der Waals surface area contributed by atoms with Crippen molar-refractivity contribution in [2.75, 3.05) is 13.1 Å². The molecule has 0 saturated carbocycles. The van der Waals surface area contributed by atoms with Crippen molar-refractivity contribution >= 4 is 12.4 Å². The molecule has 0 aliphatic carbocycles. The molecule has 0 aliphatic rings. The van der Waals surface area contributed by atoms with Crippen LogP contribution in [-0.4, -0.2) is 30.5 Å². The van der Waals surface area contributed by atoms with E-state index in [1.54, 1.807) is 0 Å². The van der Waals surface area contributed by atoms with Crippen LogP contribution in [0.25, 0.3) is 0 Å². The van der Waals surface area contributed by atoms with Crippen LogP contribution in [0, 0.1) is 0 Å².